The quantitative estimate of drug-likeness (QED) is 0.704. The minimum absolute atomic E-state index is 0.260. The lowest BCUT2D eigenvalue weighted by Gasteiger charge is -2.15. The summed E-state index contributed by atoms with van der Waals surface area (Å²) in [6, 6.07) is 3.24. The van der Waals surface area contributed by atoms with Crippen LogP contribution in [0.3, 0.4) is 0 Å². The molecule has 0 spiro atoms. The molecular formula is C18H23N3O4S2. The summed E-state index contributed by atoms with van der Waals surface area (Å²) < 4.78 is 26.7. The Bertz CT molecular complexity index is 975. The molecule has 1 aromatic carbocycles. The van der Waals surface area contributed by atoms with Crippen LogP contribution >= 0.6 is 11.3 Å². The molecule has 2 aromatic rings. The van der Waals surface area contributed by atoms with E-state index >= 15 is 0 Å². The van der Waals surface area contributed by atoms with Crippen molar-refractivity contribution in [1.82, 2.24) is 9.71 Å². The van der Waals surface area contributed by atoms with Crippen molar-refractivity contribution in [1.29, 1.82) is 0 Å². The average molecular weight is 410 g/mol. The van der Waals surface area contributed by atoms with Gasteiger partial charge in [0.2, 0.25) is 4.34 Å². The minimum atomic E-state index is -4.12. The normalized spacial score (nSPS) is 14.1. The zero-order chi connectivity index (χ0) is 19.8. The number of aliphatic hydroxyl groups is 1. The highest BCUT2D eigenvalue weighted by Gasteiger charge is 2.27. The van der Waals surface area contributed by atoms with Gasteiger partial charge in [-0.25, -0.2) is 14.5 Å². The molecular weight excluding hydrogens is 386 g/mol. The molecule has 0 aliphatic heterocycles. The monoisotopic (exact) mass is 409 g/mol. The minimum Gasteiger partial charge on any atom is -0.385 e. The highest BCUT2D eigenvalue weighted by atomic mass is 32.2. The fourth-order valence-corrected chi connectivity index (χ4v) is 5.19. The maximum atomic E-state index is 12.5. The Kier molecular flexibility index (Phi) is 5.29. The van der Waals surface area contributed by atoms with Crippen molar-refractivity contribution in [3.63, 3.8) is 0 Å². The molecule has 2 amide bonds. The lowest BCUT2D eigenvalue weighted by atomic mass is 10.0. The Hall–Kier alpha value is -1.97. The van der Waals surface area contributed by atoms with Gasteiger partial charge in [-0.05, 0) is 56.2 Å². The molecule has 9 heteroatoms. The van der Waals surface area contributed by atoms with E-state index in [1.54, 1.807) is 13.8 Å². The standard InChI is InChI=1S/C18H23N3O4S2/c1-4-11-8-9-12-6-5-7-13(12)15(11)20-16(22)21-27(24,25)17-19-10-14(26-17)18(2,3)23/h8-10,23H,4-7H2,1-3H3,(H2,20,21,22). The van der Waals surface area contributed by atoms with Crippen molar-refractivity contribution in [2.24, 2.45) is 0 Å². The second-order valence-corrected chi connectivity index (χ2v) is 9.94. The highest BCUT2D eigenvalue weighted by Crippen LogP contribution is 2.32. The molecule has 1 heterocycles. The lowest BCUT2D eigenvalue weighted by Crippen LogP contribution is -2.34. The van der Waals surface area contributed by atoms with Crippen LogP contribution in [0.2, 0.25) is 0 Å². The summed E-state index contributed by atoms with van der Waals surface area (Å²) in [7, 11) is -4.12. The predicted molar refractivity (Wildman–Crippen MR) is 105 cm³/mol. The molecule has 0 radical (unpaired) electrons. The topological polar surface area (TPSA) is 108 Å². The summed E-state index contributed by atoms with van der Waals surface area (Å²) in [6.45, 7) is 5.07. The summed E-state index contributed by atoms with van der Waals surface area (Å²) in [4.78, 5) is 16.6. The number of rotatable bonds is 5. The van der Waals surface area contributed by atoms with E-state index in [2.05, 4.69) is 16.4 Å². The SMILES string of the molecule is CCc1ccc2c(c1NC(=O)NS(=O)(=O)c1ncc(C(C)(C)O)s1)CCC2. The first-order chi connectivity index (χ1) is 12.6. The lowest BCUT2D eigenvalue weighted by molar-refractivity contribution is 0.0823. The van der Waals surface area contributed by atoms with Crippen LogP contribution in [0.25, 0.3) is 0 Å². The van der Waals surface area contributed by atoms with Crippen LogP contribution in [0, 0.1) is 0 Å². The van der Waals surface area contributed by atoms with Crippen LogP contribution in [0.1, 0.15) is 48.8 Å². The molecule has 1 aromatic heterocycles. The molecule has 1 aliphatic rings. The number of amides is 2. The number of sulfonamides is 1. The van der Waals surface area contributed by atoms with Gasteiger partial charge < -0.3 is 10.4 Å². The smallest absolute Gasteiger partial charge is 0.333 e. The van der Waals surface area contributed by atoms with Crippen molar-refractivity contribution in [2.45, 2.75) is 56.4 Å². The first-order valence-corrected chi connectivity index (χ1v) is 11.1. The number of carbonyl (C=O) groups excluding carboxylic acids is 1. The first-order valence-electron chi connectivity index (χ1n) is 8.78. The summed E-state index contributed by atoms with van der Waals surface area (Å²) in [5.74, 6) is 0. The second-order valence-electron chi connectivity index (χ2n) is 7.05. The summed E-state index contributed by atoms with van der Waals surface area (Å²) in [5.41, 5.74) is 2.76. The van der Waals surface area contributed by atoms with Crippen LogP contribution in [0.15, 0.2) is 22.7 Å². The molecule has 0 atom stereocenters. The molecule has 1 aliphatic carbocycles. The van der Waals surface area contributed by atoms with E-state index in [1.807, 2.05) is 17.7 Å². The molecule has 0 fully saturated rings. The fourth-order valence-electron chi connectivity index (χ4n) is 3.14. The second kappa shape index (κ2) is 7.21. The number of hydrogen-bond acceptors (Lipinski definition) is 6. The van der Waals surface area contributed by atoms with E-state index < -0.39 is 21.7 Å². The number of benzene rings is 1. The van der Waals surface area contributed by atoms with Gasteiger partial charge in [0.15, 0.2) is 0 Å². The van der Waals surface area contributed by atoms with Crippen molar-refractivity contribution < 1.29 is 18.3 Å². The third-order valence-electron chi connectivity index (χ3n) is 4.53. The number of nitrogens with zero attached hydrogens (tertiary/aromatic N) is 1. The number of aromatic nitrogens is 1. The Morgan fingerprint density at radius 1 is 1.33 bits per heavy atom. The molecule has 3 N–H and O–H groups in total. The summed E-state index contributed by atoms with van der Waals surface area (Å²) in [6.07, 6.45) is 4.89. The largest absolute Gasteiger partial charge is 0.385 e. The van der Waals surface area contributed by atoms with Gasteiger partial charge in [-0.15, -0.1) is 11.3 Å². The van der Waals surface area contributed by atoms with Crippen molar-refractivity contribution in [2.75, 3.05) is 5.32 Å². The number of urea groups is 1. The van der Waals surface area contributed by atoms with Gasteiger partial charge in [-0.1, -0.05) is 19.1 Å². The fraction of sp³-hybridized carbons (Fsp3) is 0.444. The summed E-state index contributed by atoms with van der Waals surface area (Å²) in [5, 5.41) is 12.7. The Morgan fingerprint density at radius 3 is 2.70 bits per heavy atom. The Labute approximate surface area is 162 Å². The van der Waals surface area contributed by atoms with Crippen molar-refractivity contribution >= 4 is 33.1 Å². The van der Waals surface area contributed by atoms with E-state index in [9.17, 15) is 18.3 Å². The molecule has 0 bridgehead atoms. The van der Waals surface area contributed by atoms with E-state index in [4.69, 9.17) is 0 Å². The Balaban J connectivity index is 1.80. The van der Waals surface area contributed by atoms with Crippen molar-refractivity contribution in [3.05, 3.63) is 39.9 Å². The number of aryl methyl sites for hydroxylation is 2. The molecule has 7 nitrogen and oxygen atoms in total. The third-order valence-corrected chi connectivity index (χ3v) is 7.57. The van der Waals surface area contributed by atoms with Gasteiger partial charge >= 0.3 is 6.03 Å². The van der Waals surface area contributed by atoms with Gasteiger partial charge in [-0.3, -0.25) is 0 Å². The van der Waals surface area contributed by atoms with Crippen LogP contribution in [-0.2, 0) is 34.9 Å². The van der Waals surface area contributed by atoms with Crippen molar-refractivity contribution in [3.8, 4) is 0 Å². The van der Waals surface area contributed by atoms with E-state index in [0.29, 0.717) is 10.6 Å². The number of nitrogens with one attached hydrogen (secondary N) is 2. The molecule has 0 saturated carbocycles. The zero-order valence-electron chi connectivity index (χ0n) is 15.5. The molecule has 146 valence electrons. The average Bonchev–Trinajstić information content (AvgIpc) is 3.24. The van der Waals surface area contributed by atoms with E-state index in [1.165, 1.54) is 11.8 Å². The Morgan fingerprint density at radius 2 is 2.07 bits per heavy atom. The molecule has 27 heavy (non-hydrogen) atoms. The molecule has 0 saturated heterocycles. The van der Waals surface area contributed by atoms with Crippen LogP contribution in [0.4, 0.5) is 10.5 Å². The van der Waals surface area contributed by atoms with Gasteiger partial charge in [0.25, 0.3) is 10.0 Å². The molecule has 0 unspecified atom stereocenters. The van der Waals surface area contributed by atoms with E-state index in [-0.39, 0.29) is 4.34 Å². The zero-order valence-corrected chi connectivity index (χ0v) is 17.1. The summed E-state index contributed by atoms with van der Waals surface area (Å²) >= 11 is 0.831. The van der Waals surface area contributed by atoms with E-state index in [0.717, 1.165) is 48.1 Å². The van der Waals surface area contributed by atoms with Gasteiger partial charge in [0.1, 0.15) is 0 Å². The number of carbonyl (C=O) groups is 1. The third kappa shape index (κ3) is 4.15. The highest BCUT2D eigenvalue weighted by molar-refractivity contribution is 7.92. The van der Waals surface area contributed by atoms with Gasteiger partial charge in [0, 0.05) is 11.9 Å². The molecule has 3 rings (SSSR count). The van der Waals surface area contributed by atoms with Gasteiger partial charge in [-0.2, -0.15) is 8.42 Å². The first kappa shape index (κ1) is 19.8. The number of hydrogen-bond donors (Lipinski definition) is 3. The predicted octanol–water partition coefficient (Wildman–Crippen LogP) is 2.93. The van der Waals surface area contributed by atoms with Crippen LogP contribution in [0.5, 0.6) is 0 Å². The maximum Gasteiger partial charge on any atom is 0.333 e. The maximum absolute atomic E-state index is 12.5. The number of anilines is 1. The number of fused-ring (bicyclic) bond motifs is 1. The van der Waals surface area contributed by atoms with Crippen LogP contribution in [-0.4, -0.2) is 24.5 Å². The van der Waals surface area contributed by atoms with Gasteiger partial charge in [0.05, 0.1) is 10.5 Å². The number of thiazole rings is 1. The van der Waals surface area contributed by atoms with Crippen LogP contribution < -0.4 is 10.0 Å².